The van der Waals surface area contributed by atoms with Crippen molar-refractivity contribution >= 4 is 11.3 Å². The van der Waals surface area contributed by atoms with E-state index in [1.807, 2.05) is 11.3 Å². The SMILES string of the molecule is Cc1ccsc1C(C(C)N)N1CCCC(C(C)(C)C)CC1. The molecule has 0 spiro atoms. The van der Waals surface area contributed by atoms with Crippen LogP contribution in [0.25, 0.3) is 0 Å². The zero-order chi connectivity index (χ0) is 15.6. The van der Waals surface area contributed by atoms with Gasteiger partial charge < -0.3 is 5.73 Å². The topological polar surface area (TPSA) is 29.3 Å². The molecule has 1 aliphatic heterocycles. The van der Waals surface area contributed by atoms with E-state index in [4.69, 9.17) is 5.73 Å². The van der Waals surface area contributed by atoms with Crippen LogP contribution in [0, 0.1) is 18.3 Å². The molecule has 21 heavy (non-hydrogen) atoms. The van der Waals surface area contributed by atoms with E-state index in [2.05, 4.69) is 51.0 Å². The summed E-state index contributed by atoms with van der Waals surface area (Å²) in [5, 5.41) is 2.20. The standard InChI is InChI=1S/C18H32N2S/c1-13-9-12-21-17(13)16(14(2)19)20-10-6-7-15(8-11-20)18(3,4)5/h9,12,14-16H,6-8,10-11,19H2,1-5H3. The summed E-state index contributed by atoms with van der Waals surface area (Å²) in [5.41, 5.74) is 8.20. The molecule has 1 aromatic heterocycles. The zero-order valence-corrected chi connectivity index (χ0v) is 15.2. The molecule has 3 unspecified atom stereocenters. The maximum atomic E-state index is 6.36. The van der Waals surface area contributed by atoms with Crippen molar-refractivity contribution in [2.45, 2.75) is 66.0 Å². The molecule has 1 fully saturated rings. The molecule has 2 nitrogen and oxygen atoms in total. The Balaban J connectivity index is 2.14. The summed E-state index contributed by atoms with van der Waals surface area (Å²) in [6.07, 6.45) is 3.96. The fourth-order valence-corrected chi connectivity index (χ4v) is 4.86. The number of nitrogens with zero attached hydrogens (tertiary/aromatic N) is 1. The van der Waals surface area contributed by atoms with Crippen LogP contribution in [0.1, 0.15) is 63.4 Å². The first-order chi connectivity index (χ1) is 9.80. The molecule has 2 heterocycles. The van der Waals surface area contributed by atoms with E-state index < -0.39 is 0 Å². The molecule has 2 N–H and O–H groups in total. The van der Waals surface area contributed by atoms with Crippen molar-refractivity contribution in [2.24, 2.45) is 17.1 Å². The van der Waals surface area contributed by atoms with E-state index in [1.165, 1.54) is 42.8 Å². The van der Waals surface area contributed by atoms with Gasteiger partial charge in [0, 0.05) is 10.9 Å². The van der Waals surface area contributed by atoms with Crippen molar-refractivity contribution in [3.05, 3.63) is 21.9 Å². The van der Waals surface area contributed by atoms with Gasteiger partial charge >= 0.3 is 0 Å². The highest BCUT2D eigenvalue weighted by Crippen LogP contribution is 2.37. The van der Waals surface area contributed by atoms with Crippen LogP contribution in [0.4, 0.5) is 0 Å². The summed E-state index contributed by atoms with van der Waals surface area (Å²) in [6.45, 7) is 13.9. The molecule has 1 aromatic rings. The van der Waals surface area contributed by atoms with Crippen LogP contribution in [-0.2, 0) is 0 Å². The molecule has 0 aliphatic carbocycles. The van der Waals surface area contributed by atoms with Crippen LogP contribution in [0.2, 0.25) is 0 Å². The third-order valence-electron chi connectivity index (χ3n) is 5.05. The second kappa shape index (κ2) is 6.80. The van der Waals surface area contributed by atoms with E-state index in [-0.39, 0.29) is 6.04 Å². The monoisotopic (exact) mass is 308 g/mol. The number of likely N-dealkylation sites (tertiary alicyclic amines) is 1. The van der Waals surface area contributed by atoms with Gasteiger partial charge in [0.25, 0.3) is 0 Å². The lowest BCUT2D eigenvalue weighted by Gasteiger charge is -2.34. The number of aryl methyl sites for hydroxylation is 1. The zero-order valence-electron chi connectivity index (χ0n) is 14.4. The normalized spacial score (nSPS) is 24.6. The predicted octanol–water partition coefficient (Wildman–Crippen LogP) is 4.59. The lowest BCUT2D eigenvalue weighted by Crippen LogP contribution is -2.40. The molecule has 0 radical (unpaired) electrons. The third kappa shape index (κ3) is 4.08. The minimum Gasteiger partial charge on any atom is -0.326 e. The smallest absolute Gasteiger partial charge is 0.0593 e. The van der Waals surface area contributed by atoms with E-state index in [9.17, 15) is 0 Å². The maximum absolute atomic E-state index is 6.36. The molecule has 2 rings (SSSR count). The minimum absolute atomic E-state index is 0.188. The number of hydrogen-bond acceptors (Lipinski definition) is 3. The summed E-state index contributed by atoms with van der Waals surface area (Å²) in [4.78, 5) is 4.12. The largest absolute Gasteiger partial charge is 0.326 e. The van der Waals surface area contributed by atoms with Crippen molar-refractivity contribution in [1.82, 2.24) is 4.90 Å². The average Bonchev–Trinajstić information content (AvgIpc) is 2.64. The van der Waals surface area contributed by atoms with Crippen molar-refractivity contribution in [3.63, 3.8) is 0 Å². The molecule has 1 saturated heterocycles. The second-order valence-corrected chi connectivity index (χ2v) is 8.75. The summed E-state index contributed by atoms with van der Waals surface area (Å²) >= 11 is 1.87. The van der Waals surface area contributed by atoms with E-state index in [0.717, 1.165) is 5.92 Å². The molecule has 3 heteroatoms. The van der Waals surface area contributed by atoms with Gasteiger partial charge in [-0.25, -0.2) is 0 Å². The van der Waals surface area contributed by atoms with Gasteiger partial charge in [-0.1, -0.05) is 20.8 Å². The van der Waals surface area contributed by atoms with Crippen LogP contribution in [0.5, 0.6) is 0 Å². The molecule has 0 saturated carbocycles. The van der Waals surface area contributed by atoms with E-state index in [0.29, 0.717) is 11.5 Å². The number of thiophene rings is 1. The molecule has 0 aromatic carbocycles. The Morgan fingerprint density at radius 2 is 2.00 bits per heavy atom. The molecule has 1 aliphatic rings. The van der Waals surface area contributed by atoms with Gasteiger partial charge in [-0.2, -0.15) is 0 Å². The van der Waals surface area contributed by atoms with Crippen molar-refractivity contribution in [2.75, 3.05) is 13.1 Å². The highest BCUT2D eigenvalue weighted by atomic mass is 32.1. The predicted molar refractivity (Wildman–Crippen MR) is 93.8 cm³/mol. The van der Waals surface area contributed by atoms with Gasteiger partial charge in [-0.05, 0) is 74.5 Å². The summed E-state index contributed by atoms with van der Waals surface area (Å²) in [6, 6.07) is 2.81. The van der Waals surface area contributed by atoms with E-state index >= 15 is 0 Å². The van der Waals surface area contributed by atoms with Gasteiger partial charge in [0.05, 0.1) is 6.04 Å². The molecular formula is C18H32N2S. The summed E-state index contributed by atoms with van der Waals surface area (Å²) in [7, 11) is 0. The van der Waals surface area contributed by atoms with Crippen LogP contribution >= 0.6 is 11.3 Å². The molecule has 0 bridgehead atoms. The Bertz CT molecular complexity index is 444. The third-order valence-corrected chi connectivity index (χ3v) is 6.14. The molecular weight excluding hydrogens is 276 g/mol. The first-order valence-corrected chi connectivity index (χ1v) is 9.22. The van der Waals surface area contributed by atoms with Gasteiger partial charge in [-0.3, -0.25) is 4.90 Å². The first kappa shape index (κ1) is 17.0. The number of rotatable bonds is 3. The Morgan fingerprint density at radius 1 is 1.29 bits per heavy atom. The fourth-order valence-electron chi connectivity index (χ4n) is 3.69. The Morgan fingerprint density at radius 3 is 2.52 bits per heavy atom. The fraction of sp³-hybridized carbons (Fsp3) is 0.778. The number of hydrogen-bond donors (Lipinski definition) is 1. The van der Waals surface area contributed by atoms with Crippen LogP contribution in [0.3, 0.4) is 0 Å². The highest BCUT2D eigenvalue weighted by Gasteiger charge is 2.32. The maximum Gasteiger partial charge on any atom is 0.0593 e. The minimum atomic E-state index is 0.188. The van der Waals surface area contributed by atoms with Gasteiger partial charge in [0.2, 0.25) is 0 Å². The lowest BCUT2D eigenvalue weighted by atomic mass is 9.77. The van der Waals surface area contributed by atoms with Gasteiger partial charge in [0.1, 0.15) is 0 Å². The summed E-state index contributed by atoms with van der Waals surface area (Å²) in [5.74, 6) is 0.834. The molecule has 120 valence electrons. The first-order valence-electron chi connectivity index (χ1n) is 8.34. The Hall–Kier alpha value is -0.380. The van der Waals surface area contributed by atoms with Crippen molar-refractivity contribution in [1.29, 1.82) is 0 Å². The van der Waals surface area contributed by atoms with Gasteiger partial charge in [0.15, 0.2) is 0 Å². The lowest BCUT2D eigenvalue weighted by molar-refractivity contribution is 0.169. The van der Waals surface area contributed by atoms with E-state index in [1.54, 1.807) is 0 Å². The Kier molecular flexibility index (Phi) is 5.50. The van der Waals surface area contributed by atoms with Crippen molar-refractivity contribution in [3.8, 4) is 0 Å². The Labute approximate surface area is 134 Å². The van der Waals surface area contributed by atoms with Crippen molar-refractivity contribution < 1.29 is 0 Å². The van der Waals surface area contributed by atoms with Crippen LogP contribution in [0.15, 0.2) is 11.4 Å². The number of nitrogens with two attached hydrogens (primary N) is 1. The average molecular weight is 309 g/mol. The molecule has 0 amide bonds. The highest BCUT2D eigenvalue weighted by molar-refractivity contribution is 7.10. The molecule has 3 atom stereocenters. The van der Waals surface area contributed by atoms with Crippen LogP contribution in [-0.4, -0.2) is 24.0 Å². The second-order valence-electron chi connectivity index (χ2n) is 7.80. The summed E-state index contributed by atoms with van der Waals surface area (Å²) < 4.78 is 0. The quantitative estimate of drug-likeness (QED) is 0.884. The van der Waals surface area contributed by atoms with Gasteiger partial charge in [-0.15, -0.1) is 11.3 Å². The van der Waals surface area contributed by atoms with Crippen LogP contribution < -0.4 is 5.73 Å².